The number of nitrogens with one attached hydrogen (secondary N) is 1. The number of methoxy groups -OCH3 is 1. The van der Waals surface area contributed by atoms with Crippen molar-refractivity contribution < 1.29 is 14.3 Å². The molecule has 0 aromatic heterocycles. The van der Waals surface area contributed by atoms with E-state index in [1.807, 2.05) is 13.0 Å². The first-order valence-corrected chi connectivity index (χ1v) is 11.1. The highest BCUT2D eigenvalue weighted by Crippen LogP contribution is 2.36. The molecule has 0 bridgehead atoms. The van der Waals surface area contributed by atoms with Crippen LogP contribution in [0.3, 0.4) is 0 Å². The number of carbonyl (C=O) groups is 2. The Hall–Kier alpha value is -1.89. The van der Waals surface area contributed by atoms with Crippen molar-refractivity contribution in [1.82, 2.24) is 0 Å². The lowest BCUT2D eigenvalue weighted by atomic mass is 10.0. The van der Waals surface area contributed by atoms with Crippen LogP contribution in [0.4, 0.5) is 11.4 Å². The maximum absolute atomic E-state index is 13.0. The third-order valence-corrected chi connectivity index (χ3v) is 6.49. The van der Waals surface area contributed by atoms with Crippen molar-refractivity contribution in [3.63, 3.8) is 0 Å². The van der Waals surface area contributed by atoms with E-state index in [0.29, 0.717) is 21.8 Å². The highest BCUT2D eigenvalue weighted by Gasteiger charge is 2.20. The summed E-state index contributed by atoms with van der Waals surface area (Å²) in [5, 5.41) is 3.38. The summed E-state index contributed by atoms with van der Waals surface area (Å²) in [4.78, 5) is 25.0. The van der Waals surface area contributed by atoms with Crippen LogP contribution in [0.5, 0.6) is 0 Å². The Morgan fingerprint density at radius 1 is 1.21 bits per heavy atom. The minimum absolute atomic E-state index is 0.204. The van der Waals surface area contributed by atoms with E-state index >= 15 is 0 Å². The minimum atomic E-state index is -0.451. The van der Waals surface area contributed by atoms with Gasteiger partial charge in [-0.1, -0.05) is 36.5 Å². The zero-order valence-electron chi connectivity index (χ0n) is 16.3. The number of benzene rings is 2. The van der Waals surface area contributed by atoms with Gasteiger partial charge in [-0.3, -0.25) is 4.79 Å². The van der Waals surface area contributed by atoms with Gasteiger partial charge in [0.2, 0.25) is 0 Å². The molecule has 29 heavy (non-hydrogen) atoms. The lowest BCUT2D eigenvalue weighted by molar-refractivity contribution is 0.0600. The van der Waals surface area contributed by atoms with E-state index in [4.69, 9.17) is 27.9 Å². The SMILES string of the molecule is CCCc1cc(NC(=O)c2cc(N3CCCS3)cc(Cl)c2Cl)cc(C(=O)OC)c1. The van der Waals surface area contributed by atoms with Crippen molar-refractivity contribution in [2.24, 2.45) is 0 Å². The molecule has 1 saturated heterocycles. The quantitative estimate of drug-likeness (QED) is 0.440. The first-order valence-electron chi connectivity index (χ1n) is 9.36. The molecule has 2 aromatic carbocycles. The number of ether oxygens (including phenoxy) is 1. The molecule has 0 saturated carbocycles. The topological polar surface area (TPSA) is 58.6 Å². The van der Waals surface area contributed by atoms with E-state index < -0.39 is 5.97 Å². The third-order valence-electron chi connectivity index (χ3n) is 4.51. The summed E-state index contributed by atoms with van der Waals surface area (Å²) < 4.78 is 6.93. The largest absolute Gasteiger partial charge is 0.465 e. The van der Waals surface area contributed by atoms with Crippen molar-refractivity contribution in [2.75, 3.05) is 29.0 Å². The van der Waals surface area contributed by atoms with Gasteiger partial charge in [0.15, 0.2) is 0 Å². The average molecular weight is 453 g/mol. The molecular formula is C21H22Cl2N2O3S. The fourth-order valence-corrected chi connectivity index (χ4v) is 4.57. The molecule has 1 aliphatic rings. The van der Waals surface area contributed by atoms with E-state index in [-0.39, 0.29) is 10.9 Å². The number of carbonyl (C=O) groups excluding carboxylic acids is 2. The summed E-state index contributed by atoms with van der Waals surface area (Å²) >= 11 is 14.3. The maximum Gasteiger partial charge on any atom is 0.337 e. The van der Waals surface area contributed by atoms with Gasteiger partial charge >= 0.3 is 5.97 Å². The Morgan fingerprint density at radius 2 is 2.00 bits per heavy atom. The molecule has 154 valence electrons. The normalized spacial score (nSPS) is 13.4. The van der Waals surface area contributed by atoms with Crippen LogP contribution in [0.25, 0.3) is 0 Å². The highest BCUT2D eigenvalue weighted by atomic mass is 35.5. The van der Waals surface area contributed by atoms with Gasteiger partial charge in [0.05, 0.1) is 28.3 Å². The van der Waals surface area contributed by atoms with Crippen molar-refractivity contribution in [3.05, 3.63) is 57.1 Å². The fourth-order valence-electron chi connectivity index (χ4n) is 3.17. The van der Waals surface area contributed by atoms with Gasteiger partial charge in [0, 0.05) is 23.7 Å². The summed E-state index contributed by atoms with van der Waals surface area (Å²) in [6.45, 7) is 2.94. The summed E-state index contributed by atoms with van der Waals surface area (Å²) in [5.74, 6) is 0.197. The molecule has 1 fully saturated rings. The van der Waals surface area contributed by atoms with Crippen molar-refractivity contribution >= 4 is 58.4 Å². The molecule has 1 aliphatic heterocycles. The molecule has 5 nitrogen and oxygen atoms in total. The average Bonchev–Trinajstić information content (AvgIpc) is 3.24. The molecule has 1 heterocycles. The lowest BCUT2D eigenvalue weighted by Crippen LogP contribution is -2.16. The van der Waals surface area contributed by atoms with Gasteiger partial charge in [-0.05, 0) is 60.7 Å². The van der Waals surface area contributed by atoms with Crippen LogP contribution in [-0.4, -0.2) is 31.3 Å². The second-order valence-corrected chi connectivity index (χ2v) is 8.58. The molecule has 0 radical (unpaired) electrons. The zero-order valence-corrected chi connectivity index (χ0v) is 18.6. The molecule has 0 atom stereocenters. The van der Waals surface area contributed by atoms with E-state index in [9.17, 15) is 9.59 Å². The Morgan fingerprint density at radius 3 is 2.66 bits per heavy atom. The first-order chi connectivity index (χ1) is 13.9. The second kappa shape index (κ2) is 9.74. The highest BCUT2D eigenvalue weighted by molar-refractivity contribution is 8.00. The molecule has 0 aliphatic carbocycles. The fraction of sp³-hybridized carbons (Fsp3) is 0.333. The maximum atomic E-state index is 13.0. The third kappa shape index (κ3) is 5.18. The van der Waals surface area contributed by atoms with Crippen molar-refractivity contribution in [2.45, 2.75) is 26.2 Å². The van der Waals surface area contributed by atoms with E-state index in [1.54, 1.807) is 36.2 Å². The monoisotopic (exact) mass is 452 g/mol. The van der Waals surface area contributed by atoms with Crippen molar-refractivity contribution in [3.8, 4) is 0 Å². The van der Waals surface area contributed by atoms with Gasteiger partial charge in [0.25, 0.3) is 5.91 Å². The predicted molar refractivity (Wildman–Crippen MR) is 121 cm³/mol. The molecule has 0 spiro atoms. The van der Waals surface area contributed by atoms with Crippen LogP contribution in [0.1, 0.15) is 46.0 Å². The van der Waals surface area contributed by atoms with Crippen LogP contribution in [0, 0.1) is 0 Å². The Bertz CT molecular complexity index is 930. The summed E-state index contributed by atoms with van der Waals surface area (Å²) in [5.41, 5.74) is 2.98. The Kier molecular flexibility index (Phi) is 7.33. The number of esters is 1. The molecule has 3 rings (SSSR count). The van der Waals surface area contributed by atoms with Crippen LogP contribution in [0.15, 0.2) is 30.3 Å². The molecule has 8 heteroatoms. The number of hydrogen-bond donors (Lipinski definition) is 1. The number of anilines is 2. The number of nitrogens with zero attached hydrogens (tertiary/aromatic N) is 1. The van der Waals surface area contributed by atoms with Crippen LogP contribution in [0.2, 0.25) is 10.0 Å². The predicted octanol–water partition coefficient (Wildman–Crippen LogP) is 5.84. The van der Waals surface area contributed by atoms with Crippen LogP contribution >= 0.6 is 35.1 Å². The summed E-state index contributed by atoms with van der Waals surface area (Å²) in [6, 6.07) is 8.75. The zero-order chi connectivity index (χ0) is 21.0. The van der Waals surface area contributed by atoms with Gasteiger partial charge in [-0.25, -0.2) is 4.79 Å². The van der Waals surface area contributed by atoms with Gasteiger partial charge in [-0.15, -0.1) is 0 Å². The Balaban J connectivity index is 1.91. The number of amides is 1. The molecule has 2 aromatic rings. The number of aryl methyl sites for hydroxylation is 1. The van der Waals surface area contributed by atoms with E-state index in [2.05, 4.69) is 9.62 Å². The van der Waals surface area contributed by atoms with Crippen molar-refractivity contribution in [1.29, 1.82) is 0 Å². The standard InChI is InChI=1S/C21H22Cl2N2O3S/c1-3-5-13-8-14(21(27)28-2)10-15(9-13)24-20(26)17-11-16(12-18(22)19(17)23)25-6-4-7-29-25/h8-12H,3-7H2,1-2H3,(H,24,26). The smallest absolute Gasteiger partial charge is 0.337 e. The summed E-state index contributed by atoms with van der Waals surface area (Å²) in [7, 11) is 1.33. The minimum Gasteiger partial charge on any atom is -0.465 e. The van der Waals surface area contributed by atoms with Crippen LogP contribution in [-0.2, 0) is 11.2 Å². The molecule has 0 unspecified atom stereocenters. The van der Waals surface area contributed by atoms with Crippen LogP contribution < -0.4 is 9.62 Å². The van der Waals surface area contributed by atoms with Gasteiger partial charge in [-0.2, -0.15) is 0 Å². The number of rotatable bonds is 6. The second-order valence-electron chi connectivity index (χ2n) is 6.69. The lowest BCUT2D eigenvalue weighted by Gasteiger charge is -2.18. The summed E-state index contributed by atoms with van der Waals surface area (Å²) in [6.07, 6.45) is 2.77. The Labute approximate surface area is 184 Å². The first kappa shape index (κ1) is 21.8. The number of halogens is 2. The van der Waals surface area contributed by atoms with Gasteiger partial charge < -0.3 is 14.4 Å². The molecular weight excluding hydrogens is 431 g/mol. The molecule has 1 N–H and O–H groups in total. The van der Waals surface area contributed by atoms with E-state index in [1.165, 1.54) is 7.11 Å². The molecule has 1 amide bonds. The number of hydrogen-bond acceptors (Lipinski definition) is 5. The van der Waals surface area contributed by atoms with Gasteiger partial charge in [0.1, 0.15) is 0 Å². The van der Waals surface area contributed by atoms with E-state index in [0.717, 1.165) is 42.8 Å².